The molecule has 1 N–H and O–H groups in total. The summed E-state index contributed by atoms with van der Waals surface area (Å²) in [5.41, 5.74) is 2.22. The lowest BCUT2D eigenvalue weighted by molar-refractivity contribution is 0.184. The number of imidazole rings is 1. The number of nitrogens with zero attached hydrogens (tertiary/aromatic N) is 6. The van der Waals surface area contributed by atoms with Crippen LogP contribution in [0.3, 0.4) is 0 Å². The van der Waals surface area contributed by atoms with E-state index in [-0.39, 0.29) is 35.4 Å². The van der Waals surface area contributed by atoms with E-state index in [1.807, 2.05) is 43.7 Å². The Kier molecular flexibility index (Phi) is 9.58. The van der Waals surface area contributed by atoms with E-state index >= 15 is 8.78 Å². The largest absolute Gasteiger partial charge is 0.351 e. The van der Waals surface area contributed by atoms with Gasteiger partial charge < -0.3 is 14.8 Å². The number of aliphatic imine (C=N–C) groups is 2. The molecule has 40 heavy (non-hydrogen) atoms. The van der Waals surface area contributed by atoms with E-state index in [1.54, 1.807) is 6.07 Å². The molecule has 0 amide bonds. The van der Waals surface area contributed by atoms with E-state index in [9.17, 15) is 0 Å². The van der Waals surface area contributed by atoms with Gasteiger partial charge in [0.15, 0.2) is 11.6 Å². The van der Waals surface area contributed by atoms with Gasteiger partial charge in [0, 0.05) is 23.7 Å². The molecule has 3 heterocycles. The number of pyridine rings is 1. The van der Waals surface area contributed by atoms with Crippen molar-refractivity contribution in [2.75, 3.05) is 31.6 Å². The van der Waals surface area contributed by atoms with Crippen molar-refractivity contribution >= 4 is 29.3 Å². The molecule has 3 aromatic rings. The number of rotatable bonds is 11. The maximum Gasteiger partial charge on any atom is 0.167 e. The topological polar surface area (TPSA) is 70.7 Å². The van der Waals surface area contributed by atoms with Crippen molar-refractivity contribution in [1.82, 2.24) is 19.4 Å². The highest BCUT2D eigenvalue weighted by Crippen LogP contribution is 2.33. The lowest BCUT2D eigenvalue weighted by Gasteiger charge is -2.34. The fourth-order valence-corrected chi connectivity index (χ4v) is 5.64. The van der Waals surface area contributed by atoms with Crippen molar-refractivity contribution in [2.24, 2.45) is 15.9 Å². The summed E-state index contributed by atoms with van der Waals surface area (Å²) in [6, 6.07) is 6.97. The van der Waals surface area contributed by atoms with Gasteiger partial charge in [-0.2, -0.15) is 0 Å². The van der Waals surface area contributed by atoms with Crippen LogP contribution in [0.1, 0.15) is 62.5 Å². The number of hydrogen-bond donors (Lipinski definition) is 1. The number of likely N-dealkylation sites (tertiary alicyclic amines) is 1. The quantitative estimate of drug-likeness (QED) is 0.211. The van der Waals surface area contributed by atoms with E-state index in [0.717, 1.165) is 44.2 Å². The molecular weight excluding hydrogens is 508 g/mol. The molecule has 1 aliphatic heterocycles. The molecule has 0 radical (unpaired) electrons. The number of benzene rings is 1. The van der Waals surface area contributed by atoms with Crippen LogP contribution in [0.25, 0.3) is 11.0 Å². The first-order chi connectivity index (χ1) is 19.3. The van der Waals surface area contributed by atoms with E-state index in [4.69, 9.17) is 0 Å². The number of anilines is 1. The zero-order valence-corrected chi connectivity index (χ0v) is 23.9. The summed E-state index contributed by atoms with van der Waals surface area (Å²) >= 11 is 0. The predicted molar refractivity (Wildman–Crippen MR) is 161 cm³/mol. The lowest BCUT2D eigenvalue weighted by Crippen LogP contribution is -2.35. The van der Waals surface area contributed by atoms with Crippen LogP contribution in [-0.2, 0) is 0 Å². The number of halogens is 2. The number of fused-ring (bicyclic) bond motifs is 1. The Balaban J connectivity index is 1.54. The molecule has 1 aromatic carbocycles. The van der Waals surface area contributed by atoms with Crippen LogP contribution in [0.15, 0.2) is 65.1 Å². The minimum atomic E-state index is -0.714. The molecule has 9 heteroatoms. The molecule has 0 spiro atoms. The summed E-state index contributed by atoms with van der Waals surface area (Å²) in [6.45, 7) is 18.8. The van der Waals surface area contributed by atoms with Crippen LogP contribution >= 0.6 is 0 Å². The minimum Gasteiger partial charge on any atom is -0.351 e. The predicted octanol–water partition coefficient (Wildman–Crippen LogP) is 6.83. The highest BCUT2D eigenvalue weighted by atomic mass is 19.1. The van der Waals surface area contributed by atoms with Crippen LogP contribution in [0.5, 0.6) is 0 Å². The third-order valence-electron chi connectivity index (χ3n) is 7.66. The van der Waals surface area contributed by atoms with Crippen LogP contribution in [-0.4, -0.2) is 58.2 Å². The number of hydrogen-bond acceptors (Lipinski definition) is 6. The van der Waals surface area contributed by atoms with Gasteiger partial charge in [-0.05, 0) is 89.6 Å². The second-order valence-corrected chi connectivity index (χ2v) is 10.5. The number of nitrogens with one attached hydrogen (secondary N) is 1. The fraction of sp³-hybridized carbons (Fsp3) is 0.419. The Hall–Kier alpha value is -3.72. The van der Waals surface area contributed by atoms with Crippen LogP contribution < -0.4 is 5.32 Å². The van der Waals surface area contributed by atoms with Gasteiger partial charge in [-0.25, -0.2) is 18.7 Å². The molecule has 1 fully saturated rings. The van der Waals surface area contributed by atoms with E-state index in [1.165, 1.54) is 6.07 Å². The summed E-state index contributed by atoms with van der Waals surface area (Å²) in [5.74, 6) is 0.846. The van der Waals surface area contributed by atoms with Gasteiger partial charge in [0.2, 0.25) is 0 Å². The van der Waals surface area contributed by atoms with Crippen molar-refractivity contribution in [3.05, 3.63) is 77.9 Å². The zero-order chi connectivity index (χ0) is 28.8. The maximum atomic E-state index is 15.1. The number of allylic oxidation sites excluding steroid dienone is 2. The molecule has 0 saturated carbocycles. The van der Waals surface area contributed by atoms with Gasteiger partial charge in [-0.3, -0.25) is 9.98 Å². The first-order valence-corrected chi connectivity index (χ1v) is 13.9. The van der Waals surface area contributed by atoms with E-state index < -0.39 is 11.6 Å². The zero-order valence-electron chi connectivity index (χ0n) is 23.9. The Morgan fingerprint density at radius 3 is 2.60 bits per heavy atom. The molecule has 0 bridgehead atoms. The molecule has 1 atom stereocenters. The molecular formula is C31H39F2N7. The summed E-state index contributed by atoms with van der Waals surface area (Å²) in [7, 11) is 0. The number of piperidine rings is 1. The first-order valence-electron chi connectivity index (χ1n) is 13.9. The highest BCUT2D eigenvalue weighted by Gasteiger charge is 2.25. The van der Waals surface area contributed by atoms with E-state index in [0.29, 0.717) is 23.1 Å². The van der Waals surface area contributed by atoms with Crippen molar-refractivity contribution in [1.29, 1.82) is 0 Å². The fourth-order valence-electron chi connectivity index (χ4n) is 5.64. The first kappa shape index (κ1) is 29.3. The lowest BCUT2D eigenvalue weighted by atomic mass is 9.80. The highest BCUT2D eigenvalue weighted by molar-refractivity contribution is 6.12. The summed E-state index contributed by atoms with van der Waals surface area (Å²) in [6.07, 6.45) is 7.15. The van der Waals surface area contributed by atoms with Crippen molar-refractivity contribution < 1.29 is 8.78 Å². The molecule has 1 aliphatic rings. The van der Waals surface area contributed by atoms with Crippen LogP contribution in [0.4, 0.5) is 14.6 Å². The SMILES string of the molecule is C=CC(c1ccc(NC/N=C(\C(F)=C/N=C)c2cc(F)c3nc(C)n(C(C)C)c3c2)nc1)C1CCN(CC)CC1. The van der Waals surface area contributed by atoms with Crippen molar-refractivity contribution in [2.45, 2.75) is 52.5 Å². The van der Waals surface area contributed by atoms with Crippen LogP contribution in [0, 0.1) is 18.7 Å². The summed E-state index contributed by atoms with van der Waals surface area (Å²) in [5, 5.41) is 3.12. The monoisotopic (exact) mass is 547 g/mol. The molecule has 4 rings (SSSR count). The van der Waals surface area contributed by atoms with Gasteiger partial charge in [0.05, 0.1) is 11.7 Å². The van der Waals surface area contributed by atoms with Gasteiger partial charge in [0.25, 0.3) is 0 Å². The van der Waals surface area contributed by atoms with Crippen molar-refractivity contribution in [3.8, 4) is 0 Å². The van der Waals surface area contributed by atoms with Crippen molar-refractivity contribution in [3.63, 3.8) is 0 Å². The Labute approximate surface area is 235 Å². The third kappa shape index (κ3) is 6.36. The molecule has 1 unspecified atom stereocenters. The van der Waals surface area contributed by atoms with Gasteiger partial charge in [0.1, 0.15) is 29.5 Å². The van der Waals surface area contributed by atoms with E-state index in [2.05, 4.69) is 56.5 Å². The second-order valence-electron chi connectivity index (χ2n) is 10.5. The standard InChI is InChI=1S/C31H39F2N7/c1-7-25(22-11-13-39(8-2)14-12-22)23-9-10-29(35-17-23)36-19-37-30(27(33)18-34-6)24-15-26(32)31-28(16-24)40(20(3)4)21(5)38-31/h7,9-10,15-18,20,22,25H,1,6,8,11-14,19H2,2-5H3,(H,35,36)/b27-18+,37-30-. The number of aromatic nitrogens is 3. The maximum absolute atomic E-state index is 15.1. The minimum absolute atomic E-state index is 0.0303. The second kappa shape index (κ2) is 13.1. The van der Waals surface area contributed by atoms with Crippen LogP contribution in [0.2, 0.25) is 0 Å². The third-order valence-corrected chi connectivity index (χ3v) is 7.66. The van der Waals surface area contributed by atoms with Gasteiger partial charge in [-0.15, -0.1) is 6.58 Å². The molecule has 1 saturated heterocycles. The average Bonchev–Trinajstić information content (AvgIpc) is 3.29. The Morgan fingerprint density at radius 2 is 2.00 bits per heavy atom. The molecule has 7 nitrogen and oxygen atoms in total. The normalized spacial score (nSPS) is 16.5. The Bertz CT molecular complexity index is 1400. The summed E-state index contributed by atoms with van der Waals surface area (Å²) in [4.78, 5) is 19.4. The molecule has 212 valence electrons. The molecule has 0 aliphatic carbocycles. The summed E-state index contributed by atoms with van der Waals surface area (Å²) < 4.78 is 32.1. The van der Waals surface area contributed by atoms with Gasteiger partial charge >= 0.3 is 0 Å². The Morgan fingerprint density at radius 1 is 1.25 bits per heavy atom. The smallest absolute Gasteiger partial charge is 0.167 e. The average molecular weight is 548 g/mol. The number of aryl methyl sites for hydroxylation is 1. The van der Waals surface area contributed by atoms with Gasteiger partial charge in [-0.1, -0.05) is 19.1 Å². The molecule has 2 aromatic heterocycles.